The molecule has 22 heavy (non-hydrogen) atoms. The fourth-order valence-corrected chi connectivity index (χ4v) is 3.13. The molecule has 3 unspecified atom stereocenters. The summed E-state index contributed by atoms with van der Waals surface area (Å²) in [6.45, 7) is 0. The largest absolute Gasteiger partial charge is 0.365 e. The molecule has 3 rings (SSSR count). The molecule has 5 heteroatoms. The predicted molar refractivity (Wildman–Crippen MR) is 85.0 cm³/mol. The lowest BCUT2D eigenvalue weighted by molar-refractivity contribution is -0.385. The Morgan fingerprint density at radius 3 is 2.32 bits per heavy atom. The van der Waals surface area contributed by atoms with Gasteiger partial charge in [0, 0.05) is 17.5 Å². The zero-order valence-corrected chi connectivity index (χ0v) is 12.6. The van der Waals surface area contributed by atoms with Crippen LogP contribution in [0.15, 0.2) is 54.6 Å². The molecule has 0 amide bonds. The number of hydrogen-bond donors (Lipinski definition) is 0. The van der Waals surface area contributed by atoms with Crippen LogP contribution in [0.1, 0.15) is 36.2 Å². The highest BCUT2D eigenvalue weighted by atomic mass is 35.5. The van der Waals surface area contributed by atoms with Crippen LogP contribution >= 0.6 is 11.6 Å². The van der Waals surface area contributed by atoms with E-state index in [1.54, 1.807) is 12.1 Å². The zero-order valence-electron chi connectivity index (χ0n) is 11.9. The molecule has 0 spiro atoms. The second-order valence-corrected chi connectivity index (χ2v) is 6.06. The van der Waals surface area contributed by atoms with Crippen LogP contribution in [0.3, 0.4) is 0 Å². The van der Waals surface area contributed by atoms with Crippen molar-refractivity contribution in [3.05, 3.63) is 75.8 Å². The molecule has 0 N–H and O–H groups in total. The number of non-ortho nitro benzene ring substituents is 1. The van der Waals surface area contributed by atoms with E-state index in [4.69, 9.17) is 16.3 Å². The van der Waals surface area contributed by atoms with Crippen LogP contribution < -0.4 is 0 Å². The maximum atomic E-state index is 10.9. The summed E-state index contributed by atoms with van der Waals surface area (Å²) in [5, 5.41) is 10.9. The molecule has 0 aromatic heterocycles. The maximum absolute atomic E-state index is 10.9. The first-order valence-corrected chi connectivity index (χ1v) is 7.66. The first kappa shape index (κ1) is 15.0. The fourth-order valence-electron chi connectivity index (χ4n) is 2.81. The van der Waals surface area contributed by atoms with Gasteiger partial charge >= 0.3 is 0 Å². The van der Waals surface area contributed by atoms with Crippen LogP contribution in [0.2, 0.25) is 0 Å². The van der Waals surface area contributed by atoms with E-state index < -0.39 is 0 Å². The SMILES string of the molecule is O=[N+]([O-])c1cccc(C2CC(Cl)CC(c3ccccc3)O2)c1. The van der Waals surface area contributed by atoms with Gasteiger partial charge in [0.05, 0.1) is 17.1 Å². The molecule has 0 saturated carbocycles. The summed E-state index contributed by atoms with van der Waals surface area (Å²) in [6, 6.07) is 16.5. The number of nitrogens with zero attached hydrogens (tertiary/aromatic N) is 1. The first-order chi connectivity index (χ1) is 10.6. The van der Waals surface area contributed by atoms with Gasteiger partial charge in [-0.05, 0) is 24.0 Å². The molecule has 2 aromatic rings. The summed E-state index contributed by atoms with van der Waals surface area (Å²) in [6.07, 6.45) is 1.10. The van der Waals surface area contributed by atoms with Gasteiger partial charge < -0.3 is 4.74 Å². The third kappa shape index (κ3) is 3.29. The van der Waals surface area contributed by atoms with Gasteiger partial charge in [0.25, 0.3) is 5.69 Å². The number of alkyl halides is 1. The van der Waals surface area contributed by atoms with Crippen molar-refractivity contribution in [3.8, 4) is 0 Å². The Morgan fingerprint density at radius 2 is 1.64 bits per heavy atom. The van der Waals surface area contributed by atoms with Crippen LogP contribution in [0.5, 0.6) is 0 Å². The molecule has 114 valence electrons. The standard InChI is InChI=1S/C17H16ClNO3/c18-14-10-16(12-5-2-1-3-6-12)22-17(11-14)13-7-4-8-15(9-13)19(20)21/h1-9,14,16-17H,10-11H2. The van der Waals surface area contributed by atoms with Gasteiger partial charge in [0.2, 0.25) is 0 Å². The van der Waals surface area contributed by atoms with Crippen molar-refractivity contribution in [2.45, 2.75) is 30.4 Å². The third-order valence-corrected chi connectivity index (χ3v) is 4.25. The third-order valence-electron chi connectivity index (χ3n) is 3.89. The van der Waals surface area contributed by atoms with E-state index in [0.29, 0.717) is 6.42 Å². The van der Waals surface area contributed by atoms with E-state index in [0.717, 1.165) is 17.5 Å². The zero-order chi connectivity index (χ0) is 15.5. The number of nitro benzene ring substituents is 1. The molecular weight excluding hydrogens is 302 g/mol. The minimum absolute atomic E-state index is 0.0109. The Balaban J connectivity index is 1.85. The monoisotopic (exact) mass is 317 g/mol. The molecular formula is C17H16ClNO3. The lowest BCUT2D eigenvalue weighted by atomic mass is 9.94. The molecule has 1 saturated heterocycles. The minimum Gasteiger partial charge on any atom is -0.365 e. The lowest BCUT2D eigenvalue weighted by Crippen LogP contribution is -2.23. The van der Waals surface area contributed by atoms with Gasteiger partial charge in [-0.25, -0.2) is 0 Å². The van der Waals surface area contributed by atoms with Gasteiger partial charge in [0.1, 0.15) is 0 Å². The van der Waals surface area contributed by atoms with Crippen molar-refractivity contribution in [2.24, 2.45) is 0 Å². The molecule has 0 bridgehead atoms. The van der Waals surface area contributed by atoms with Crippen LogP contribution in [-0.4, -0.2) is 10.3 Å². The maximum Gasteiger partial charge on any atom is 0.269 e. The summed E-state index contributed by atoms with van der Waals surface area (Å²) in [5.74, 6) is 0. The van der Waals surface area contributed by atoms with E-state index in [2.05, 4.69) is 0 Å². The highest BCUT2D eigenvalue weighted by molar-refractivity contribution is 6.20. The number of hydrogen-bond acceptors (Lipinski definition) is 3. The van der Waals surface area contributed by atoms with E-state index in [1.165, 1.54) is 6.07 Å². The Bertz CT molecular complexity index is 662. The molecule has 1 heterocycles. The summed E-state index contributed by atoms with van der Waals surface area (Å²) in [7, 11) is 0. The van der Waals surface area contributed by atoms with Crippen molar-refractivity contribution >= 4 is 17.3 Å². The molecule has 4 nitrogen and oxygen atoms in total. The van der Waals surface area contributed by atoms with E-state index in [1.807, 2.05) is 36.4 Å². The molecule has 2 aromatic carbocycles. The van der Waals surface area contributed by atoms with E-state index in [-0.39, 0.29) is 28.2 Å². The Morgan fingerprint density at radius 1 is 1.00 bits per heavy atom. The van der Waals surface area contributed by atoms with Crippen molar-refractivity contribution < 1.29 is 9.66 Å². The summed E-state index contributed by atoms with van der Waals surface area (Å²) in [4.78, 5) is 10.5. The van der Waals surface area contributed by atoms with Crippen LogP contribution in [-0.2, 0) is 4.74 Å². The van der Waals surface area contributed by atoms with Crippen LogP contribution in [0.25, 0.3) is 0 Å². The first-order valence-electron chi connectivity index (χ1n) is 7.22. The number of halogens is 1. The van der Waals surface area contributed by atoms with Gasteiger partial charge in [-0.3, -0.25) is 10.1 Å². The Labute approximate surface area is 133 Å². The van der Waals surface area contributed by atoms with Gasteiger partial charge in [-0.15, -0.1) is 11.6 Å². The molecule has 0 aliphatic carbocycles. The average Bonchev–Trinajstić information content (AvgIpc) is 2.55. The average molecular weight is 318 g/mol. The van der Waals surface area contributed by atoms with E-state index >= 15 is 0 Å². The second-order valence-electron chi connectivity index (χ2n) is 5.44. The lowest BCUT2D eigenvalue weighted by Gasteiger charge is -2.33. The van der Waals surface area contributed by atoms with E-state index in [9.17, 15) is 10.1 Å². The summed E-state index contributed by atoms with van der Waals surface area (Å²) in [5.41, 5.74) is 1.97. The van der Waals surface area contributed by atoms with Crippen molar-refractivity contribution in [3.63, 3.8) is 0 Å². The van der Waals surface area contributed by atoms with Gasteiger partial charge in [0.15, 0.2) is 0 Å². The smallest absolute Gasteiger partial charge is 0.269 e. The topological polar surface area (TPSA) is 52.4 Å². The summed E-state index contributed by atoms with van der Waals surface area (Å²) < 4.78 is 6.16. The molecule has 1 aliphatic rings. The summed E-state index contributed by atoms with van der Waals surface area (Å²) >= 11 is 6.39. The number of ether oxygens (including phenoxy) is 1. The normalized spacial score (nSPS) is 24.9. The number of benzene rings is 2. The Kier molecular flexibility index (Phi) is 4.41. The predicted octanol–water partition coefficient (Wildman–Crippen LogP) is 4.80. The highest BCUT2D eigenvalue weighted by Gasteiger charge is 2.30. The quantitative estimate of drug-likeness (QED) is 0.464. The minimum atomic E-state index is -0.390. The molecule has 3 atom stereocenters. The van der Waals surface area contributed by atoms with Crippen molar-refractivity contribution in [1.82, 2.24) is 0 Å². The van der Waals surface area contributed by atoms with Gasteiger partial charge in [-0.2, -0.15) is 0 Å². The number of rotatable bonds is 3. The second kappa shape index (κ2) is 6.46. The number of nitro groups is 1. The molecule has 0 radical (unpaired) electrons. The molecule has 1 aliphatic heterocycles. The van der Waals surface area contributed by atoms with Crippen LogP contribution in [0, 0.1) is 10.1 Å². The van der Waals surface area contributed by atoms with Crippen LogP contribution in [0.4, 0.5) is 5.69 Å². The van der Waals surface area contributed by atoms with Gasteiger partial charge in [-0.1, -0.05) is 42.5 Å². The van der Waals surface area contributed by atoms with Crippen molar-refractivity contribution in [2.75, 3.05) is 0 Å². The molecule has 1 fully saturated rings. The van der Waals surface area contributed by atoms with Crippen molar-refractivity contribution in [1.29, 1.82) is 0 Å². The Hall–Kier alpha value is -1.91. The highest BCUT2D eigenvalue weighted by Crippen LogP contribution is 2.41. The fraction of sp³-hybridized carbons (Fsp3) is 0.294.